The Bertz CT molecular complexity index is 3410. The number of fused-ring (bicyclic) bond motifs is 9. The Hall–Kier alpha value is -5.28. The molecule has 6 aromatic carbocycles. The number of aryl methyl sites for hydroxylation is 8. The van der Waals surface area contributed by atoms with Gasteiger partial charge in [0.05, 0.1) is 0 Å². The van der Waals surface area contributed by atoms with E-state index in [2.05, 4.69) is 196 Å². The van der Waals surface area contributed by atoms with Gasteiger partial charge in [-0.05, 0) is 245 Å². The second-order valence-corrected chi connectivity index (χ2v) is 28.9. The van der Waals surface area contributed by atoms with Crippen molar-refractivity contribution in [2.24, 2.45) is 11.8 Å². The van der Waals surface area contributed by atoms with Gasteiger partial charge in [0, 0.05) is 51.2 Å². The molecule has 13 rings (SSSR count). The van der Waals surface area contributed by atoms with Crippen LogP contribution in [0.15, 0.2) is 84.9 Å². The van der Waals surface area contributed by atoms with Crippen LogP contribution in [0.3, 0.4) is 0 Å². The van der Waals surface area contributed by atoms with E-state index in [4.69, 9.17) is 14.2 Å². The first kappa shape index (κ1) is 59.5. The average molecular weight is 1110 g/mol. The highest BCUT2D eigenvalue weighted by atomic mass is 16.5. The second-order valence-electron chi connectivity index (χ2n) is 28.9. The molecule has 4 aliphatic carbocycles. The molecule has 83 heavy (non-hydrogen) atoms. The lowest BCUT2D eigenvalue weighted by molar-refractivity contribution is -0.0959. The lowest BCUT2D eigenvalue weighted by Crippen LogP contribution is -2.57. The molecule has 0 bridgehead atoms. The molecule has 0 N–H and O–H groups in total. The van der Waals surface area contributed by atoms with Gasteiger partial charge in [-0.2, -0.15) is 0 Å². The Morgan fingerprint density at radius 2 is 0.723 bits per heavy atom. The molecule has 6 aromatic rings. The van der Waals surface area contributed by atoms with E-state index in [-0.39, 0.29) is 27.6 Å². The Labute approximate surface area is 503 Å². The molecule has 0 saturated heterocycles. The smallest absolute Gasteiger partial charge is 0.138 e. The minimum atomic E-state index is -0.284. The van der Waals surface area contributed by atoms with Gasteiger partial charge in [-0.25, -0.2) is 0 Å². The van der Waals surface area contributed by atoms with Gasteiger partial charge in [0.1, 0.15) is 34.1 Å². The minimum absolute atomic E-state index is 0.137. The van der Waals surface area contributed by atoms with Crippen LogP contribution in [-0.4, -0.2) is 0 Å². The maximum absolute atomic E-state index is 7.32. The molecule has 0 radical (unpaired) electrons. The monoisotopic (exact) mass is 1110 g/mol. The van der Waals surface area contributed by atoms with Crippen molar-refractivity contribution >= 4 is 0 Å². The molecule has 0 amide bonds. The molecule has 6 unspecified atom stereocenters. The summed E-state index contributed by atoms with van der Waals surface area (Å²) in [7, 11) is 0. The molecule has 4 fully saturated rings. The van der Waals surface area contributed by atoms with Crippen LogP contribution in [0.1, 0.15) is 255 Å². The van der Waals surface area contributed by atoms with Crippen molar-refractivity contribution in [3.63, 3.8) is 0 Å². The first-order valence-corrected chi connectivity index (χ1v) is 33.2. The third kappa shape index (κ3) is 9.83. The summed E-state index contributed by atoms with van der Waals surface area (Å²) in [6.45, 7) is 36.1. The van der Waals surface area contributed by atoms with E-state index in [0.29, 0.717) is 17.3 Å². The Kier molecular flexibility index (Phi) is 16.1. The zero-order valence-electron chi connectivity index (χ0n) is 54.6. The van der Waals surface area contributed by atoms with Crippen LogP contribution in [0, 0.1) is 102 Å². The number of hydrogen-bond acceptors (Lipinski definition) is 3. The van der Waals surface area contributed by atoms with E-state index >= 15 is 0 Å². The fourth-order valence-corrected chi connectivity index (χ4v) is 18.8. The second kappa shape index (κ2) is 22.5. The fraction of sp³-hybridized carbons (Fsp3) is 0.550. The largest absolute Gasteiger partial charge is 0.482 e. The summed E-state index contributed by atoms with van der Waals surface area (Å²) in [6.07, 6.45) is 25.9. The summed E-state index contributed by atoms with van der Waals surface area (Å²) in [5, 5.41) is 0. The van der Waals surface area contributed by atoms with E-state index in [1.54, 1.807) is 0 Å². The minimum Gasteiger partial charge on any atom is -0.482 e. The van der Waals surface area contributed by atoms with Gasteiger partial charge < -0.3 is 14.2 Å². The summed E-state index contributed by atoms with van der Waals surface area (Å²) in [4.78, 5) is 0. The zero-order valence-corrected chi connectivity index (χ0v) is 54.6. The van der Waals surface area contributed by atoms with Crippen LogP contribution >= 0.6 is 0 Å². The molecule has 6 atom stereocenters. The predicted molar refractivity (Wildman–Crippen MR) is 349 cm³/mol. The van der Waals surface area contributed by atoms with E-state index in [9.17, 15) is 0 Å². The molecular formula is C80H104O3. The normalized spacial score (nSPS) is 27.1. The maximum atomic E-state index is 7.32. The van der Waals surface area contributed by atoms with Crippen LogP contribution in [0.2, 0.25) is 0 Å². The molecule has 0 aromatic heterocycles. The molecule has 2 spiro atoms. The molecule has 3 heterocycles. The van der Waals surface area contributed by atoms with Crippen molar-refractivity contribution in [2.75, 3.05) is 0 Å². The summed E-state index contributed by atoms with van der Waals surface area (Å²) in [5.74, 6) is 4.75. The van der Waals surface area contributed by atoms with Crippen molar-refractivity contribution in [3.8, 4) is 17.2 Å². The summed E-state index contributed by atoms with van der Waals surface area (Å²) in [6, 6.07) is 32.7. The summed E-state index contributed by atoms with van der Waals surface area (Å²) >= 11 is 0. The van der Waals surface area contributed by atoms with Crippen molar-refractivity contribution in [3.05, 3.63) is 191 Å². The highest BCUT2D eigenvalue weighted by molar-refractivity contribution is 5.57. The molecular weight excluding hydrogens is 1010 g/mol. The Morgan fingerprint density at radius 1 is 0.349 bits per heavy atom. The van der Waals surface area contributed by atoms with Gasteiger partial charge in [-0.3, -0.25) is 0 Å². The van der Waals surface area contributed by atoms with Crippen LogP contribution < -0.4 is 14.2 Å². The van der Waals surface area contributed by atoms with Crippen LogP contribution in [-0.2, 0) is 33.0 Å². The molecule has 3 nitrogen and oxygen atoms in total. The fourth-order valence-electron chi connectivity index (χ4n) is 18.8. The molecule has 442 valence electrons. The third-order valence-electron chi connectivity index (χ3n) is 24.0. The molecule has 3 aliphatic heterocycles. The topological polar surface area (TPSA) is 27.7 Å². The number of benzene rings is 6. The number of rotatable bonds is 4. The maximum Gasteiger partial charge on any atom is 0.138 e. The first-order valence-electron chi connectivity index (χ1n) is 33.2. The van der Waals surface area contributed by atoms with Crippen molar-refractivity contribution in [1.29, 1.82) is 0 Å². The molecule has 7 aliphatic rings. The number of hydrogen-bond donors (Lipinski definition) is 0. The number of ether oxygens (including phenoxy) is 3. The van der Waals surface area contributed by atoms with Gasteiger partial charge in [0.25, 0.3) is 0 Å². The van der Waals surface area contributed by atoms with E-state index in [0.717, 1.165) is 31.4 Å². The third-order valence-corrected chi connectivity index (χ3v) is 24.0. The highest BCUT2D eigenvalue weighted by Gasteiger charge is 2.61. The lowest BCUT2D eigenvalue weighted by atomic mass is 9.51. The van der Waals surface area contributed by atoms with Crippen molar-refractivity contribution in [2.45, 2.75) is 272 Å². The van der Waals surface area contributed by atoms with Gasteiger partial charge in [-0.1, -0.05) is 161 Å². The SMILES string of the molecule is CCC1(C)CC(C)(c2ccc(C)cc2C)Oc2c1ccc(C)c2C.Cc1ccc(C23CCCCC2C2(CCCCC2)c2ccc(C)c(C)c2O3)c(C)c1.Cc1ccc(C23CCCCC2C2(CCCCC2)c2ccc(C)c(C)c2O3)c(C)c1C. The van der Waals surface area contributed by atoms with Crippen molar-refractivity contribution in [1.82, 2.24) is 0 Å². The quantitative estimate of drug-likeness (QED) is 0.176. The van der Waals surface area contributed by atoms with Crippen LogP contribution in [0.4, 0.5) is 0 Å². The lowest BCUT2D eigenvalue weighted by Gasteiger charge is -2.59. The molecule has 4 saturated carbocycles. The van der Waals surface area contributed by atoms with Gasteiger partial charge in [0.15, 0.2) is 0 Å². The summed E-state index contributed by atoms with van der Waals surface area (Å²) in [5.41, 5.74) is 26.5. The highest BCUT2D eigenvalue weighted by Crippen LogP contribution is 2.66. The van der Waals surface area contributed by atoms with Crippen LogP contribution in [0.25, 0.3) is 0 Å². The summed E-state index contributed by atoms with van der Waals surface area (Å²) < 4.78 is 21.3. The Morgan fingerprint density at radius 3 is 1.17 bits per heavy atom. The van der Waals surface area contributed by atoms with Gasteiger partial charge in [-0.15, -0.1) is 0 Å². The van der Waals surface area contributed by atoms with Crippen LogP contribution in [0.5, 0.6) is 17.2 Å². The van der Waals surface area contributed by atoms with Crippen molar-refractivity contribution < 1.29 is 14.2 Å². The van der Waals surface area contributed by atoms with E-state index < -0.39 is 0 Å². The van der Waals surface area contributed by atoms with E-state index in [1.165, 1.54) is 220 Å². The van der Waals surface area contributed by atoms with E-state index in [1.807, 2.05) is 0 Å². The average Bonchev–Trinajstić information content (AvgIpc) is 1.10. The predicted octanol–water partition coefficient (Wildman–Crippen LogP) is 21.8. The zero-order chi connectivity index (χ0) is 59.0. The van der Waals surface area contributed by atoms with Gasteiger partial charge >= 0.3 is 0 Å². The standard InChI is InChI=1S/C29H38O.C28H36O.C23H30O/c1-19-12-14-24(23(5)21(19)3)29-18-10-7-11-26(29)28(16-8-6-9-17-28)25-15-13-20(2)22(4)27(25)30-29;1-19-11-13-23(21(3)18-19)28-17-9-6-10-25(28)27(15-7-5-8-16-27)24-14-12-20(2)22(4)26(24)29-28;1-8-22(6)14-23(7,19-11-9-15(2)13-17(19)4)24-21-18(5)16(3)10-12-20(21)22/h12-15,26H,6-11,16-18H2,1-5H3;11-14,18,25H,5-10,15-17H2,1-4H3;9-13H,8,14H2,1-7H3. The van der Waals surface area contributed by atoms with Gasteiger partial charge in [0.2, 0.25) is 0 Å². The Balaban J connectivity index is 0.000000131. The molecule has 3 heteroatoms. The first-order chi connectivity index (χ1) is 39.6.